The summed E-state index contributed by atoms with van der Waals surface area (Å²) < 4.78 is 26.6. The highest BCUT2D eigenvalue weighted by Crippen LogP contribution is 2.24. The Morgan fingerprint density at radius 1 is 0.960 bits per heavy atom. The number of sulfonamides is 1. The summed E-state index contributed by atoms with van der Waals surface area (Å²) in [5.41, 5.74) is 0.885. The first kappa shape index (κ1) is 17.4. The number of aryl methyl sites for hydroxylation is 1. The van der Waals surface area contributed by atoms with Crippen molar-refractivity contribution in [3.05, 3.63) is 59.7 Å². The van der Waals surface area contributed by atoms with Crippen molar-refractivity contribution in [1.82, 2.24) is 9.21 Å². The number of hydrogen-bond acceptors (Lipinski definition) is 4. The maximum Gasteiger partial charge on any atom is 0.257 e. The predicted octanol–water partition coefficient (Wildman–Crippen LogP) is 1.85. The number of aromatic hydroxyl groups is 1. The van der Waals surface area contributed by atoms with E-state index in [1.165, 1.54) is 4.31 Å². The fraction of sp³-hybridized carbons (Fsp3) is 0.278. The first-order valence-electron chi connectivity index (χ1n) is 8.04. The summed E-state index contributed by atoms with van der Waals surface area (Å²) in [5, 5.41) is 10.1. The van der Waals surface area contributed by atoms with E-state index < -0.39 is 10.0 Å². The Kier molecular flexibility index (Phi) is 4.78. The standard InChI is InChI=1S/C18H20N2O4S/c1-14-6-5-9-16(17(14)21)18(22)19-10-12-20(13-11-19)25(23,24)15-7-3-2-4-8-15/h2-9,21H,10-13H2,1H3. The summed E-state index contributed by atoms with van der Waals surface area (Å²) >= 11 is 0. The van der Waals surface area contributed by atoms with Crippen LogP contribution in [0.2, 0.25) is 0 Å². The maximum atomic E-state index is 12.6. The van der Waals surface area contributed by atoms with Crippen LogP contribution in [0.1, 0.15) is 15.9 Å². The summed E-state index contributed by atoms with van der Waals surface area (Å²) in [6, 6.07) is 13.3. The van der Waals surface area contributed by atoms with Gasteiger partial charge in [0, 0.05) is 26.2 Å². The van der Waals surface area contributed by atoms with Gasteiger partial charge in [0.2, 0.25) is 10.0 Å². The Hall–Kier alpha value is -2.38. The zero-order chi connectivity index (χ0) is 18.0. The lowest BCUT2D eigenvalue weighted by Gasteiger charge is -2.34. The van der Waals surface area contributed by atoms with Crippen LogP contribution in [0, 0.1) is 6.92 Å². The molecule has 0 saturated carbocycles. The van der Waals surface area contributed by atoms with E-state index in [-0.39, 0.29) is 48.3 Å². The van der Waals surface area contributed by atoms with E-state index in [1.54, 1.807) is 60.4 Å². The fourth-order valence-electron chi connectivity index (χ4n) is 2.87. The molecule has 0 aliphatic carbocycles. The van der Waals surface area contributed by atoms with Crippen molar-refractivity contribution in [2.45, 2.75) is 11.8 Å². The maximum absolute atomic E-state index is 12.6. The van der Waals surface area contributed by atoms with Crippen LogP contribution in [0.15, 0.2) is 53.4 Å². The summed E-state index contributed by atoms with van der Waals surface area (Å²) in [6.07, 6.45) is 0. The molecule has 1 N–H and O–H groups in total. The van der Waals surface area contributed by atoms with Gasteiger partial charge in [-0.1, -0.05) is 30.3 Å². The van der Waals surface area contributed by atoms with E-state index in [1.807, 2.05) is 0 Å². The molecule has 0 unspecified atom stereocenters. The van der Waals surface area contributed by atoms with Gasteiger partial charge >= 0.3 is 0 Å². The van der Waals surface area contributed by atoms with E-state index in [2.05, 4.69) is 0 Å². The van der Waals surface area contributed by atoms with E-state index in [9.17, 15) is 18.3 Å². The van der Waals surface area contributed by atoms with Gasteiger partial charge in [-0.25, -0.2) is 8.42 Å². The first-order valence-corrected chi connectivity index (χ1v) is 9.48. The summed E-state index contributed by atoms with van der Waals surface area (Å²) in [4.78, 5) is 14.4. The molecule has 1 aliphatic rings. The lowest BCUT2D eigenvalue weighted by molar-refractivity contribution is 0.0694. The van der Waals surface area contributed by atoms with Crippen molar-refractivity contribution >= 4 is 15.9 Å². The highest BCUT2D eigenvalue weighted by molar-refractivity contribution is 7.89. The van der Waals surface area contributed by atoms with Crippen LogP contribution >= 0.6 is 0 Å². The molecule has 1 amide bonds. The molecule has 0 spiro atoms. The van der Waals surface area contributed by atoms with Gasteiger partial charge in [0.05, 0.1) is 10.5 Å². The normalized spacial score (nSPS) is 16.0. The number of phenols is 1. The number of carbonyl (C=O) groups is 1. The number of rotatable bonds is 3. The summed E-state index contributed by atoms with van der Waals surface area (Å²) in [5.74, 6) is -0.301. The van der Waals surface area contributed by atoms with Crippen LogP contribution in [-0.4, -0.2) is 54.8 Å². The minimum Gasteiger partial charge on any atom is -0.507 e. The third-order valence-corrected chi connectivity index (χ3v) is 6.29. The number of phenolic OH excluding ortho intramolecular Hbond substituents is 1. The lowest BCUT2D eigenvalue weighted by Crippen LogP contribution is -2.50. The summed E-state index contributed by atoms with van der Waals surface area (Å²) in [7, 11) is -3.54. The molecular formula is C18H20N2O4S. The highest BCUT2D eigenvalue weighted by atomic mass is 32.2. The second-order valence-corrected chi connectivity index (χ2v) is 7.92. The molecule has 0 bridgehead atoms. The second kappa shape index (κ2) is 6.85. The predicted molar refractivity (Wildman–Crippen MR) is 93.9 cm³/mol. The van der Waals surface area contributed by atoms with Crippen molar-refractivity contribution in [2.24, 2.45) is 0 Å². The number of nitrogens with zero attached hydrogens (tertiary/aromatic N) is 2. The number of benzene rings is 2. The zero-order valence-electron chi connectivity index (χ0n) is 13.9. The van der Waals surface area contributed by atoms with Crippen molar-refractivity contribution < 1.29 is 18.3 Å². The molecule has 25 heavy (non-hydrogen) atoms. The molecule has 1 fully saturated rings. The van der Waals surface area contributed by atoms with Gasteiger partial charge in [-0.05, 0) is 30.7 Å². The van der Waals surface area contributed by atoms with Crippen molar-refractivity contribution in [3.63, 3.8) is 0 Å². The third-order valence-electron chi connectivity index (χ3n) is 4.37. The van der Waals surface area contributed by atoms with Crippen molar-refractivity contribution in [2.75, 3.05) is 26.2 Å². The summed E-state index contributed by atoms with van der Waals surface area (Å²) in [6.45, 7) is 2.78. The molecule has 6 nitrogen and oxygen atoms in total. The molecule has 3 rings (SSSR count). The molecule has 0 atom stereocenters. The van der Waals surface area contributed by atoms with Gasteiger partial charge in [0.1, 0.15) is 5.75 Å². The quantitative estimate of drug-likeness (QED) is 0.906. The largest absolute Gasteiger partial charge is 0.507 e. The van der Waals surface area contributed by atoms with Crippen molar-refractivity contribution in [3.8, 4) is 5.75 Å². The zero-order valence-corrected chi connectivity index (χ0v) is 14.7. The Morgan fingerprint density at radius 3 is 2.24 bits per heavy atom. The smallest absolute Gasteiger partial charge is 0.257 e. The minimum absolute atomic E-state index is 0.0214. The van der Waals surface area contributed by atoms with E-state index in [0.717, 1.165) is 0 Å². The molecule has 2 aromatic carbocycles. The van der Waals surface area contributed by atoms with E-state index in [0.29, 0.717) is 5.56 Å². The fourth-order valence-corrected chi connectivity index (χ4v) is 4.32. The topological polar surface area (TPSA) is 77.9 Å². The first-order chi connectivity index (χ1) is 11.9. The average molecular weight is 360 g/mol. The molecule has 1 heterocycles. The molecule has 132 valence electrons. The molecule has 0 aromatic heterocycles. The van der Waals surface area contributed by atoms with E-state index >= 15 is 0 Å². The van der Waals surface area contributed by atoms with Crippen LogP contribution in [0.4, 0.5) is 0 Å². The lowest BCUT2D eigenvalue weighted by atomic mass is 10.1. The Labute approximate surface area is 147 Å². The van der Waals surface area contributed by atoms with Crippen LogP contribution in [0.5, 0.6) is 5.75 Å². The van der Waals surface area contributed by atoms with Crippen molar-refractivity contribution in [1.29, 1.82) is 0 Å². The van der Waals surface area contributed by atoms with Crippen LogP contribution < -0.4 is 0 Å². The number of hydrogen-bond donors (Lipinski definition) is 1. The van der Waals surface area contributed by atoms with Crippen LogP contribution in [-0.2, 0) is 10.0 Å². The van der Waals surface area contributed by atoms with Gasteiger partial charge in [0.25, 0.3) is 5.91 Å². The van der Waals surface area contributed by atoms with E-state index in [4.69, 9.17) is 0 Å². The molecule has 1 saturated heterocycles. The molecular weight excluding hydrogens is 340 g/mol. The Morgan fingerprint density at radius 2 is 1.60 bits per heavy atom. The highest BCUT2D eigenvalue weighted by Gasteiger charge is 2.31. The van der Waals surface area contributed by atoms with Crippen LogP contribution in [0.3, 0.4) is 0 Å². The number of carbonyl (C=O) groups excluding carboxylic acids is 1. The van der Waals surface area contributed by atoms with Crippen LogP contribution in [0.25, 0.3) is 0 Å². The third kappa shape index (κ3) is 3.38. The van der Waals surface area contributed by atoms with Gasteiger partial charge in [0.15, 0.2) is 0 Å². The number of para-hydroxylation sites is 1. The Bertz CT molecular complexity index is 873. The molecule has 7 heteroatoms. The van der Waals surface area contributed by atoms with Gasteiger partial charge in [-0.2, -0.15) is 4.31 Å². The van der Waals surface area contributed by atoms with Gasteiger partial charge in [-0.15, -0.1) is 0 Å². The van der Waals surface area contributed by atoms with Gasteiger partial charge < -0.3 is 10.0 Å². The average Bonchev–Trinajstić information content (AvgIpc) is 2.64. The molecule has 2 aromatic rings. The molecule has 0 radical (unpaired) electrons. The second-order valence-electron chi connectivity index (χ2n) is 5.98. The monoisotopic (exact) mass is 360 g/mol. The minimum atomic E-state index is -3.54. The SMILES string of the molecule is Cc1cccc(C(=O)N2CCN(S(=O)(=O)c3ccccc3)CC2)c1O. The van der Waals surface area contributed by atoms with Gasteiger partial charge in [-0.3, -0.25) is 4.79 Å². The Balaban J connectivity index is 1.72. The molecule has 1 aliphatic heterocycles. The number of amides is 1. The number of piperazine rings is 1.